The van der Waals surface area contributed by atoms with Crippen molar-refractivity contribution in [2.45, 2.75) is 0 Å². The normalized spacial score (nSPS) is 15.2. The quantitative estimate of drug-likeness (QED) is 0.556. The molecule has 1 amide bonds. The summed E-state index contributed by atoms with van der Waals surface area (Å²) in [7, 11) is 1.99. The second-order valence-electron chi connectivity index (χ2n) is 7.88. The molecule has 4 aromatic rings. The number of para-hydroxylation sites is 1. The number of hydrogen-bond donors (Lipinski definition) is 1. The van der Waals surface area contributed by atoms with Crippen LogP contribution in [0.25, 0.3) is 21.8 Å². The number of benzene rings is 2. The van der Waals surface area contributed by atoms with Gasteiger partial charge in [0, 0.05) is 74.0 Å². The zero-order valence-electron chi connectivity index (χ0n) is 17.2. The molecule has 0 aliphatic carbocycles. The molecule has 0 bridgehead atoms. The van der Waals surface area contributed by atoms with E-state index in [4.69, 9.17) is 4.74 Å². The number of rotatable bonds is 5. The number of H-pyrrole nitrogens is 1. The first-order valence-electron chi connectivity index (χ1n) is 10.4. The number of piperazine rings is 1. The molecule has 0 unspecified atom stereocenters. The number of aromatic amines is 1. The monoisotopic (exact) mass is 402 g/mol. The molecule has 1 aliphatic rings. The van der Waals surface area contributed by atoms with E-state index >= 15 is 0 Å². The van der Waals surface area contributed by atoms with Crippen molar-refractivity contribution in [3.8, 4) is 5.75 Å². The average molecular weight is 402 g/mol. The van der Waals surface area contributed by atoms with Gasteiger partial charge in [-0.2, -0.15) is 0 Å². The summed E-state index contributed by atoms with van der Waals surface area (Å²) in [5.74, 6) is 1.02. The van der Waals surface area contributed by atoms with E-state index in [-0.39, 0.29) is 5.91 Å². The van der Waals surface area contributed by atoms with Crippen LogP contribution in [0.1, 0.15) is 10.4 Å². The van der Waals surface area contributed by atoms with Crippen molar-refractivity contribution in [2.24, 2.45) is 7.05 Å². The van der Waals surface area contributed by atoms with E-state index in [0.717, 1.165) is 65.8 Å². The summed E-state index contributed by atoms with van der Waals surface area (Å²) in [6, 6.07) is 16.2. The van der Waals surface area contributed by atoms with Crippen LogP contribution < -0.4 is 4.74 Å². The molecular formula is C24H26N4O2. The van der Waals surface area contributed by atoms with Crippen LogP contribution in [0.15, 0.2) is 60.9 Å². The maximum absolute atomic E-state index is 13.1. The minimum Gasteiger partial charge on any atom is -0.492 e. The van der Waals surface area contributed by atoms with Gasteiger partial charge in [0.2, 0.25) is 0 Å². The Balaban J connectivity index is 1.14. The highest BCUT2D eigenvalue weighted by molar-refractivity contribution is 6.07. The summed E-state index contributed by atoms with van der Waals surface area (Å²) < 4.78 is 7.97. The molecule has 154 valence electrons. The highest BCUT2D eigenvalue weighted by Gasteiger charge is 2.24. The second-order valence-corrected chi connectivity index (χ2v) is 7.88. The molecule has 0 radical (unpaired) electrons. The molecule has 1 aliphatic heterocycles. The van der Waals surface area contributed by atoms with Crippen molar-refractivity contribution < 1.29 is 9.53 Å². The van der Waals surface area contributed by atoms with Crippen LogP contribution >= 0.6 is 0 Å². The number of hydrogen-bond acceptors (Lipinski definition) is 3. The molecule has 1 fully saturated rings. The van der Waals surface area contributed by atoms with E-state index in [9.17, 15) is 4.79 Å². The molecule has 3 heterocycles. The molecule has 6 heteroatoms. The topological polar surface area (TPSA) is 53.5 Å². The van der Waals surface area contributed by atoms with Crippen LogP contribution in [0.3, 0.4) is 0 Å². The summed E-state index contributed by atoms with van der Waals surface area (Å²) >= 11 is 0. The maximum atomic E-state index is 13.1. The van der Waals surface area contributed by atoms with Crippen molar-refractivity contribution in [1.29, 1.82) is 0 Å². The fourth-order valence-electron chi connectivity index (χ4n) is 4.27. The summed E-state index contributed by atoms with van der Waals surface area (Å²) in [6.45, 7) is 4.75. The second kappa shape index (κ2) is 7.88. The molecule has 0 saturated carbocycles. The summed E-state index contributed by atoms with van der Waals surface area (Å²) in [6.07, 6.45) is 3.89. The molecular weight excluding hydrogens is 376 g/mol. The lowest BCUT2D eigenvalue weighted by Gasteiger charge is -2.34. The van der Waals surface area contributed by atoms with Gasteiger partial charge in [-0.1, -0.05) is 18.2 Å². The molecule has 5 rings (SSSR count). The van der Waals surface area contributed by atoms with Crippen LogP contribution in [0, 0.1) is 0 Å². The third kappa shape index (κ3) is 3.55. The number of carbonyl (C=O) groups is 1. The van der Waals surface area contributed by atoms with Gasteiger partial charge in [-0.05, 0) is 30.3 Å². The Bertz CT molecular complexity index is 1180. The Morgan fingerprint density at radius 1 is 1.07 bits per heavy atom. The average Bonchev–Trinajstić information content (AvgIpc) is 3.38. The molecule has 2 aromatic carbocycles. The van der Waals surface area contributed by atoms with Crippen LogP contribution in [0.5, 0.6) is 5.75 Å². The third-order valence-corrected chi connectivity index (χ3v) is 5.99. The van der Waals surface area contributed by atoms with E-state index < -0.39 is 0 Å². The van der Waals surface area contributed by atoms with Crippen molar-refractivity contribution in [3.63, 3.8) is 0 Å². The fraction of sp³-hybridized carbons (Fsp3) is 0.292. The molecule has 1 N–H and O–H groups in total. The predicted molar refractivity (Wildman–Crippen MR) is 119 cm³/mol. The lowest BCUT2D eigenvalue weighted by molar-refractivity contribution is 0.0622. The minimum absolute atomic E-state index is 0.127. The van der Waals surface area contributed by atoms with Crippen molar-refractivity contribution >= 4 is 27.7 Å². The summed E-state index contributed by atoms with van der Waals surface area (Å²) in [5.41, 5.74) is 3.01. The van der Waals surface area contributed by atoms with Gasteiger partial charge >= 0.3 is 0 Å². The largest absolute Gasteiger partial charge is 0.492 e. The molecule has 1 saturated heterocycles. The van der Waals surface area contributed by atoms with Crippen LogP contribution in [0.4, 0.5) is 0 Å². The van der Waals surface area contributed by atoms with Crippen molar-refractivity contribution in [2.75, 3.05) is 39.3 Å². The first-order chi connectivity index (χ1) is 14.7. The van der Waals surface area contributed by atoms with Gasteiger partial charge in [0.15, 0.2) is 0 Å². The zero-order valence-corrected chi connectivity index (χ0v) is 17.2. The number of amides is 1. The Kier molecular flexibility index (Phi) is 4.93. The zero-order chi connectivity index (χ0) is 20.5. The number of ether oxygens (including phenoxy) is 1. The highest BCUT2D eigenvalue weighted by atomic mass is 16.5. The van der Waals surface area contributed by atoms with Crippen molar-refractivity contribution in [1.82, 2.24) is 19.4 Å². The number of aromatic nitrogens is 2. The standard InChI is InChI=1S/C24H26N4O2/c1-26-17-21(20-4-2-3-5-23(20)26)24(29)28-12-10-27(11-13-28)14-15-30-19-6-7-22-18(16-19)8-9-25-22/h2-9,16-17,25H,10-15H2,1H3. The minimum atomic E-state index is 0.127. The van der Waals surface area contributed by atoms with E-state index in [0.29, 0.717) is 6.61 Å². The van der Waals surface area contributed by atoms with Gasteiger partial charge in [-0.3, -0.25) is 9.69 Å². The van der Waals surface area contributed by atoms with Crippen LogP contribution in [0.2, 0.25) is 0 Å². The van der Waals surface area contributed by atoms with E-state index in [1.54, 1.807) is 0 Å². The summed E-state index contributed by atoms with van der Waals surface area (Å²) in [4.78, 5) is 20.6. The number of nitrogens with zero attached hydrogens (tertiary/aromatic N) is 3. The number of fused-ring (bicyclic) bond motifs is 2. The first-order valence-corrected chi connectivity index (χ1v) is 10.4. The SMILES string of the molecule is Cn1cc(C(=O)N2CCN(CCOc3ccc4[nH]ccc4c3)CC2)c2ccccc21. The molecule has 6 nitrogen and oxygen atoms in total. The smallest absolute Gasteiger partial charge is 0.256 e. The van der Waals surface area contributed by atoms with Crippen LogP contribution in [-0.4, -0.2) is 64.6 Å². The molecule has 0 spiro atoms. The lowest BCUT2D eigenvalue weighted by Crippen LogP contribution is -2.49. The Morgan fingerprint density at radius 3 is 2.77 bits per heavy atom. The lowest BCUT2D eigenvalue weighted by atomic mass is 10.1. The number of aryl methyl sites for hydroxylation is 1. The van der Waals surface area contributed by atoms with Crippen molar-refractivity contribution in [3.05, 3.63) is 66.5 Å². The van der Waals surface area contributed by atoms with Gasteiger partial charge in [0.1, 0.15) is 12.4 Å². The predicted octanol–water partition coefficient (Wildman–Crippen LogP) is 3.50. The van der Waals surface area contributed by atoms with E-state index in [1.165, 1.54) is 0 Å². The summed E-state index contributed by atoms with van der Waals surface area (Å²) in [5, 5.41) is 2.19. The maximum Gasteiger partial charge on any atom is 0.256 e. The van der Waals surface area contributed by atoms with Gasteiger partial charge < -0.3 is 19.2 Å². The fourth-order valence-corrected chi connectivity index (χ4v) is 4.27. The molecule has 0 atom stereocenters. The highest BCUT2D eigenvalue weighted by Crippen LogP contribution is 2.22. The van der Waals surface area contributed by atoms with Gasteiger partial charge in [0.25, 0.3) is 5.91 Å². The molecule has 30 heavy (non-hydrogen) atoms. The van der Waals surface area contributed by atoms with Gasteiger partial charge in [-0.15, -0.1) is 0 Å². The van der Waals surface area contributed by atoms with Gasteiger partial charge in [-0.25, -0.2) is 0 Å². The van der Waals surface area contributed by atoms with Gasteiger partial charge in [0.05, 0.1) is 5.56 Å². The number of nitrogens with one attached hydrogen (secondary N) is 1. The van der Waals surface area contributed by atoms with Crippen LogP contribution in [-0.2, 0) is 7.05 Å². The Hall–Kier alpha value is -3.25. The van der Waals surface area contributed by atoms with E-state index in [2.05, 4.69) is 22.0 Å². The van der Waals surface area contributed by atoms with E-state index in [1.807, 2.05) is 65.3 Å². The Labute approximate surface area is 175 Å². The Morgan fingerprint density at radius 2 is 1.90 bits per heavy atom. The third-order valence-electron chi connectivity index (χ3n) is 5.99. The number of carbonyl (C=O) groups excluding carboxylic acids is 1. The first kappa shape index (κ1) is 18.8. The molecule has 2 aromatic heterocycles.